The number of hydrogen-bond donors (Lipinski definition) is 1. The van der Waals surface area contributed by atoms with Gasteiger partial charge in [0.1, 0.15) is 0 Å². The van der Waals surface area contributed by atoms with Crippen LogP contribution in [0.25, 0.3) is 0 Å². The minimum atomic E-state index is 0.344. The third-order valence-corrected chi connectivity index (χ3v) is 4.76. The summed E-state index contributed by atoms with van der Waals surface area (Å²) in [5.74, 6) is 1.31. The molecule has 1 aromatic rings. The van der Waals surface area contributed by atoms with Crippen molar-refractivity contribution in [2.75, 3.05) is 39.9 Å². The van der Waals surface area contributed by atoms with Crippen LogP contribution in [0.15, 0.2) is 12.1 Å². The van der Waals surface area contributed by atoms with Crippen molar-refractivity contribution in [3.8, 4) is 11.5 Å². The van der Waals surface area contributed by atoms with Gasteiger partial charge in [0.25, 0.3) is 0 Å². The summed E-state index contributed by atoms with van der Waals surface area (Å²) in [5, 5.41) is 4.08. The number of benzene rings is 1. The first-order valence-electron chi connectivity index (χ1n) is 9.61. The molecular weight excluding hydrogens is 352 g/mol. The molecule has 1 fully saturated rings. The van der Waals surface area contributed by atoms with Crippen LogP contribution >= 0.6 is 11.6 Å². The molecule has 26 heavy (non-hydrogen) atoms. The lowest BCUT2D eigenvalue weighted by Gasteiger charge is -2.35. The fourth-order valence-corrected chi connectivity index (χ4v) is 3.78. The van der Waals surface area contributed by atoms with Crippen molar-refractivity contribution in [2.24, 2.45) is 0 Å². The predicted molar refractivity (Wildman–Crippen MR) is 107 cm³/mol. The summed E-state index contributed by atoms with van der Waals surface area (Å²) >= 11 is 6.29. The molecule has 2 rings (SSSR count). The molecule has 1 aliphatic rings. The van der Waals surface area contributed by atoms with Crippen LogP contribution < -0.4 is 14.8 Å². The molecule has 0 saturated carbocycles. The van der Waals surface area contributed by atoms with Gasteiger partial charge in [-0.25, -0.2) is 0 Å². The summed E-state index contributed by atoms with van der Waals surface area (Å²) in [6.07, 6.45) is 3.04. The molecule has 5 nitrogen and oxygen atoms in total. The van der Waals surface area contributed by atoms with Crippen LogP contribution in [-0.4, -0.2) is 57.0 Å². The molecule has 0 aromatic heterocycles. The maximum Gasteiger partial charge on any atom is 0.179 e. The van der Waals surface area contributed by atoms with Crippen LogP contribution in [0.1, 0.15) is 39.2 Å². The van der Waals surface area contributed by atoms with Crippen LogP contribution in [0.3, 0.4) is 0 Å². The van der Waals surface area contributed by atoms with E-state index in [1.807, 2.05) is 19.1 Å². The molecule has 148 valence electrons. The highest BCUT2D eigenvalue weighted by Crippen LogP contribution is 2.36. The second-order valence-electron chi connectivity index (χ2n) is 6.94. The maximum absolute atomic E-state index is 6.29. The number of rotatable bonds is 10. The zero-order valence-electron chi connectivity index (χ0n) is 16.5. The van der Waals surface area contributed by atoms with Gasteiger partial charge in [0, 0.05) is 19.6 Å². The Hall–Kier alpha value is -1.01. The molecule has 1 heterocycles. The van der Waals surface area contributed by atoms with Crippen molar-refractivity contribution >= 4 is 11.6 Å². The van der Waals surface area contributed by atoms with E-state index in [9.17, 15) is 0 Å². The zero-order chi connectivity index (χ0) is 18.9. The fraction of sp³-hybridized carbons (Fsp3) is 0.700. The minimum Gasteiger partial charge on any atom is -0.491 e. The quantitative estimate of drug-likeness (QED) is 0.622. The number of halogens is 1. The monoisotopic (exact) mass is 384 g/mol. The smallest absolute Gasteiger partial charge is 0.179 e. The van der Waals surface area contributed by atoms with Gasteiger partial charge in [-0.2, -0.15) is 0 Å². The number of nitrogens with one attached hydrogen (secondary N) is 1. The molecule has 0 aliphatic carbocycles. The highest BCUT2D eigenvalue weighted by molar-refractivity contribution is 6.32. The first-order valence-corrected chi connectivity index (χ1v) is 9.99. The molecular formula is C20H33ClN2O3. The predicted octanol–water partition coefficient (Wildman–Crippen LogP) is 3.73. The Morgan fingerprint density at radius 2 is 1.96 bits per heavy atom. The molecule has 1 saturated heterocycles. The van der Waals surface area contributed by atoms with E-state index in [-0.39, 0.29) is 0 Å². The first kappa shape index (κ1) is 21.3. The Morgan fingerprint density at radius 1 is 1.23 bits per heavy atom. The van der Waals surface area contributed by atoms with Gasteiger partial charge < -0.3 is 19.5 Å². The largest absolute Gasteiger partial charge is 0.491 e. The van der Waals surface area contributed by atoms with Crippen LogP contribution in [0.4, 0.5) is 0 Å². The van der Waals surface area contributed by atoms with E-state index in [1.165, 1.54) is 6.42 Å². The van der Waals surface area contributed by atoms with Gasteiger partial charge in [-0.15, -0.1) is 0 Å². The number of unbranched alkanes of at least 4 members (excludes halogenated alkanes) is 1. The molecule has 6 heteroatoms. The standard InChI is InChI=1S/C20H33ClN2O3/c1-5-25-19-11-17(10-18(21)20(19)24-4)12-22-8-6-7-9-23-13-15(2)26-16(3)14-23/h10-11,15-16,22H,5-9,12-14H2,1-4H3. The van der Waals surface area contributed by atoms with Crippen molar-refractivity contribution in [3.63, 3.8) is 0 Å². The molecule has 1 aliphatic heterocycles. The second kappa shape index (κ2) is 11.0. The van der Waals surface area contributed by atoms with Crippen LogP contribution in [-0.2, 0) is 11.3 Å². The van der Waals surface area contributed by atoms with Crippen molar-refractivity contribution < 1.29 is 14.2 Å². The number of ether oxygens (including phenoxy) is 3. The van der Waals surface area contributed by atoms with E-state index in [2.05, 4.69) is 24.1 Å². The summed E-state index contributed by atoms with van der Waals surface area (Å²) in [4.78, 5) is 2.51. The summed E-state index contributed by atoms with van der Waals surface area (Å²) < 4.78 is 16.7. The molecule has 0 radical (unpaired) electrons. The summed E-state index contributed by atoms with van der Waals surface area (Å²) in [7, 11) is 1.61. The van der Waals surface area contributed by atoms with E-state index in [0.717, 1.165) is 44.7 Å². The highest BCUT2D eigenvalue weighted by atomic mass is 35.5. The van der Waals surface area contributed by atoms with Crippen LogP contribution in [0.2, 0.25) is 5.02 Å². The molecule has 0 bridgehead atoms. The van der Waals surface area contributed by atoms with E-state index in [0.29, 0.717) is 35.3 Å². The van der Waals surface area contributed by atoms with Crippen molar-refractivity contribution in [2.45, 2.75) is 52.4 Å². The SMILES string of the molecule is CCOc1cc(CNCCCCN2CC(C)OC(C)C2)cc(Cl)c1OC. The molecule has 1 aromatic carbocycles. The van der Waals surface area contributed by atoms with Crippen molar-refractivity contribution in [1.82, 2.24) is 10.2 Å². The minimum absolute atomic E-state index is 0.344. The summed E-state index contributed by atoms with van der Waals surface area (Å²) in [6.45, 7) is 11.8. The van der Waals surface area contributed by atoms with Gasteiger partial charge in [-0.3, -0.25) is 4.90 Å². The van der Waals surface area contributed by atoms with E-state index in [4.69, 9.17) is 25.8 Å². The summed E-state index contributed by atoms with van der Waals surface area (Å²) in [6, 6.07) is 3.93. The Bertz CT molecular complexity index is 546. The maximum atomic E-state index is 6.29. The van der Waals surface area contributed by atoms with Gasteiger partial charge in [0.15, 0.2) is 11.5 Å². The third kappa shape index (κ3) is 6.62. The topological polar surface area (TPSA) is 43.0 Å². The van der Waals surface area contributed by atoms with Gasteiger partial charge in [-0.1, -0.05) is 11.6 Å². The zero-order valence-corrected chi connectivity index (χ0v) is 17.3. The Balaban J connectivity index is 1.69. The second-order valence-corrected chi connectivity index (χ2v) is 7.35. The van der Waals surface area contributed by atoms with Crippen molar-refractivity contribution in [1.29, 1.82) is 0 Å². The Kier molecular flexibility index (Phi) is 8.99. The first-order chi connectivity index (χ1) is 12.5. The van der Waals surface area contributed by atoms with E-state index >= 15 is 0 Å². The molecule has 1 N–H and O–H groups in total. The lowest BCUT2D eigenvalue weighted by Crippen LogP contribution is -2.45. The number of nitrogens with zero attached hydrogens (tertiary/aromatic N) is 1. The van der Waals surface area contributed by atoms with Gasteiger partial charge in [-0.05, 0) is 64.4 Å². The van der Waals surface area contributed by atoms with Crippen LogP contribution in [0, 0.1) is 0 Å². The number of methoxy groups -OCH3 is 1. The van der Waals surface area contributed by atoms with Gasteiger partial charge in [0.05, 0.1) is 30.9 Å². The molecule has 0 amide bonds. The average molecular weight is 385 g/mol. The number of hydrogen-bond acceptors (Lipinski definition) is 5. The number of morpholine rings is 1. The lowest BCUT2D eigenvalue weighted by molar-refractivity contribution is -0.0681. The van der Waals surface area contributed by atoms with E-state index in [1.54, 1.807) is 7.11 Å². The molecule has 2 atom stereocenters. The average Bonchev–Trinajstić information content (AvgIpc) is 2.57. The highest BCUT2D eigenvalue weighted by Gasteiger charge is 2.21. The van der Waals surface area contributed by atoms with Crippen molar-refractivity contribution in [3.05, 3.63) is 22.7 Å². The van der Waals surface area contributed by atoms with Gasteiger partial charge in [0.2, 0.25) is 0 Å². The molecule has 0 spiro atoms. The lowest BCUT2D eigenvalue weighted by atomic mass is 10.2. The summed E-state index contributed by atoms with van der Waals surface area (Å²) in [5.41, 5.74) is 1.11. The fourth-order valence-electron chi connectivity index (χ4n) is 3.47. The normalized spacial score (nSPS) is 21.0. The Labute approximate surface area is 162 Å². The van der Waals surface area contributed by atoms with Crippen LogP contribution in [0.5, 0.6) is 11.5 Å². The third-order valence-electron chi connectivity index (χ3n) is 4.48. The van der Waals surface area contributed by atoms with Gasteiger partial charge >= 0.3 is 0 Å². The van der Waals surface area contributed by atoms with E-state index < -0.39 is 0 Å². The molecule has 2 unspecified atom stereocenters. The Morgan fingerprint density at radius 3 is 2.62 bits per heavy atom.